The summed E-state index contributed by atoms with van der Waals surface area (Å²) in [5.74, 6) is 1.45. The van der Waals surface area contributed by atoms with Gasteiger partial charge in [-0.05, 0) is 25.7 Å². The first-order chi connectivity index (χ1) is 9.78. The summed E-state index contributed by atoms with van der Waals surface area (Å²) in [4.78, 5) is 18.7. The Morgan fingerprint density at radius 3 is 3.00 bits per heavy atom. The van der Waals surface area contributed by atoms with Crippen LogP contribution >= 0.6 is 0 Å². The van der Waals surface area contributed by atoms with Crippen LogP contribution in [0.5, 0.6) is 0 Å². The van der Waals surface area contributed by atoms with Crippen molar-refractivity contribution in [3.63, 3.8) is 0 Å². The van der Waals surface area contributed by atoms with Gasteiger partial charge >= 0.3 is 0 Å². The topological polar surface area (TPSA) is 68.5 Å². The molecule has 2 aliphatic rings. The number of rotatable bonds is 4. The third kappa shape index (κ3) is 2.70. The fraction of sp³-hybridized carbons (Fsp3) is 0.786. The molecular formula is C14H21N3O3. The van der Waals surface area contributed by atoms with Gasteiger partial charge in [-0.3, -0.25) is 4.79 Å². The van der Waals surface area contributed by atoms with E-state index in [4.69, 9.17) is 9.26 Å². The van der Waals surface area contributed by atoms with Crippen LogP contribution < -0.4 is 0 Å². The van der Waals surface area contributed by atoms with Crippen LogP contribution in [0.3, 0.4) is 0 Å². The van der Waals surface area contributed by atoms with E-state index < -0.39 is 0 Å². The van der Waals surface area contributed by atoms with Crippen LogP contribution in [0.15, 0.2) is 4.52 Å². The molecule has 2 fully saturated rings. The summed E-state index contributed by atoms with van der Waals surface area (Å²) in [6.07, 6.45) is 5.27. The average molecular weight is 279 g/mol. The molecule has 0 bridgehead atoms. The fourth-order valence-corrected chi connectivity index (χ4v) is 3.00. The molecule has 1 aromatic heterocycles. The predicted molar refractivity (Wildman–Crippen MR) is 71.0 cm³/mol. The maximum atomic E-state index is 12.4. The summed E-state index contributed by atoms with van der Waals surface area (Å²) in [5.41, 5.74) is 0. The molecule has 0 spiro atoms. The minimum absolute atomic E-state index is 0.0204. The van der Waals surface area contributed by atoms with E-state index in [1.165, 1.54) is 0 Å². The molecule has 0 aliphatic carbocycles. The van der Waals surface area contributed by atoms with Crippen LogP contribution in [0.25, 0.3) is 0 Å². The molecule has 2 atom stereocenters. The number of ether oxygens (including phenoxy) is 1. The molecule has 3 rings (SSSR count). The van der Waals surface area contributed by atoms with Gasteiger partial charge in [0, 0.05) is 19.6 Å². The highest BCUT2D eigenvalue weighted by atomic mass is 16.5. The average Bonchev–Trinajstić information content (AvgIpc) is 3.19. The number of carbonyl (C=O) groups excluding carboxylic acids is 1. The minimum atomic E-state index is -0.0204. The SMILES string of the molecule is CCc1nc([C@H]2CCCN2C(=O)C[C@H]2CCCO2)no1. The molecule has 0 aromatic carbocycles. The van der Waals surface area contributed by atoms with Crippen molar-refractivity contribution in [1.29, 1.82) is 0 Å². The number of nitrogens with zero attached hydrogens (tertiary/aromatic N) is 3. The summed E-state index contributed by atoms with van der Waals surface area (Å²) in [6.45, 7) is 3.55. The van der Waals surface area contributed by atoms with Crippen molar-refractivity contribution in [2.45, 2.75) is 57.6 Å². The highest BCUT2D eigenvalue weighted by Crippen LogP contribution is 2.31. The molecule has 1 amide bonds. The van der Waals surface area contributed by atoms with Crippen molar-refractivity contribution in [1.82, 2.24) is 15.0 Å². The highest BCUT2D eigenvalue weighted by Gasteiger charge is 2.34. The lowest BCUT2D eigenvalue weighted by Gasteiger charge is -2.23. The second-order valence-electron chi connectivity index (χ2n) is 5.48. The summed E-state index contributed by atoms with van der Waals surface area (Å²) in [5, 5.41) is 4.02. The van der Waals surface area contributed by atoms with Crippen molar-refractivity contribution >= 4 is 5.91 Å². The first-order valence-electron chi connectivity index (χ1n) is 7.51. The van der Waals surface area contributed by atoms with Crippen LogP contribution in [-0.2, 0) is 16.0 Å². The molecule has 6 nitrogen and oxygen atoms in total. The standard InChI is InChI=1S/C14H21N3O3/c1-2-12-15-14(16-20-12)11-6-3-7-17(11)13(18)9-10-5-4-8-19-10/h10-11H,2-9H2,1H3/t10-,11-/m1/s1. The lowest BCUT2D eigenvalue weighted by atomic mass is 10.1. The van der Waals surface area contributed by atoms with E-state index in [2.05, 4.69) is 10.1 Å². The number of aryl methyl sites for hydroxylation is 1. The van der Waals surface area contributed by atoms with Crippen molar-refractivity contribution in [3.05, 3.63) is 11.7 Å². The summed E-state index contributed by atoms with van der Waals surface area (Å²) in [7, 11) is 0. The fourth-order valence-electron chi connectivity index (χ4n) is 3.00. The number of hydrogen-bond acceptors (Lipinski definition) is 5. The lowest BCUT2D eigenvalue weighted by Crippen LogP contribution is -2.33. The minimum Gasteiger partial charge on any atom is -0.378 e. The molecule has 1 aromatic rings. The van der Waals surface area contributed by atoms with E-state index in [0.717, 1.165) is 45.3 Å². The second-order valence-corrected chi connectivity index (χ2v) is 5.48. The van der Waals surface area contributed by atoms with Gasteiger partial charge in [0.1, 0.15) is 0 Å². The molecule has 0 saturated carbocycles. The maximum Gasteiger partial charge on any atom is 0.226 e. The number of aromatic nitrogens is 2. The number of hydrogen-bond donors (Lipinski definition) is 0. The third-order valence-corrected chi connectivity index (χ3v) is 4.08. The molecule has 0 unspecified atom stereocenters. The Balaban J connectivity index is 1.66. The first kappa shape index (κ1) is 13.5. The molecule has 20 heavy (non-hydrogen) atoms. The van der Waals surface area contributed by atoms with Gasteiger partial charge in [0.25, 0.3) is 0 Å². The van der Waals surface area contributed by atoms with Gasteiger partial charge in [0.2, 0.25) is 11.8 Å². The Hall–Kier alpha value is -1.43. The molecule has 3 heterocycles. The van der Waals surface area contributed by atoms with E-state index in [1.54, 1.807) is 0 Å². The molecule has 110 valence electrons. The van der Waals surface area contributed by atoms with Gasteiger partial charge in [-0.2, -0.15) is 4.98 Å². The van der Waals surface area contributed by atoms with Crippen molar-refractivity contribution in [2.75, 3.05) is 13.2 Å². The normalized spacial score (nSPS) is 26.4. The highest BCUT2D eigenvalue weighted by molar-refractivity contribution is 5.77. The Morgan fingerprint density at radius 1 is 1.40 bits per heavy atom. The number of amides is 1. The van der Waals surface area contributed by atoms with Crippen LogP contribution in [0.2, 0.25) is 0 Å². The second kappa shape index (κ2) is 5.91. The monoisotopic (exact) mass is 279 g/mol. The van der Waals surface area contributed by atoms with Crippen LogP contribution in [-0.4, -0.2) is 40.2 Å². The Labute approximate surface area is 118 Å². The molecule has 2 saturated heterocycles. The van der Waals surface area contributed by atoms with Crippen molar-refractivity contribution < 1.29 is 14.1 Å². The van der Waals surface area contributed by atoms with Gasteiger partial charge in [0.05, 0.1) is 18.6 Å². The Kier molecular flexibility index (Phi) is 4.00. The summed E-state index contributed by atoms with van der Waals surface area (Å²) < 4.78 is 10.7. The van der Waals surface area contributed by atoms with E-state index in [-0.39, 0.29) is 18.1 Å². The van der Waals surface area contributed by atoms with E-state index in [1.807, 2.05) is 11.8 Å². The molecular weight excluding hydrogens is 258 g/mol. The van der Waals surface area contributed by atoms with Gasteiger partial charge in [-0.25, -0.2) is 0 Å². The van der Waals surface area contributed by atoms with Gasteiger partial charge in [-0.15, -0.1) is 0 Å². The van der Waals surface area contributed by atoms with Crippen LogP contribution in [0.4, 0.5) is 0 Å². The zero-order valence-electron chi connectivity index (χ0n) is 11.9. The first-order valence-corrected chi connectivity index (χ1v) is 7.51. The third-order valence-electron chi connectivity index (χ3n) is 4.08. The molecule has 6 heteroatoms. The van der Waals surface area contributed by atoms with E-state index in [9.17, 15) is 4.79 Å². The predicted octanol–water partition coefficient (Wildman–Crippen LogP) is 1.86. The Morgan fingerprint density at radius 2 is 2.30 bits per heavy atom. The van der Waals surface area contributed by atoms with Crippen molar-refractivity contribution in [2.24, 2.45) is 0 Å². The molecule has 0 N–H and O–H groups in total. The summed E-state index contributed by atoms with van der Waals surface area (Å²) in [6, 6.07) is -0.0204. The maximum absolute atomic E-state index is 12.4. The molecule has 2 aliphatic heterocycles. The zero-order valence-corrected chi connectivity index (χ0v) is 11.9. The van der Waals surface area contributed by atoms with Gasteiger partial charge in [-0.1, -0.05) is 12.1 Å². The number of carbonyl (C=O) groups is 1. The van der Waals surface area contributed by atoms with E-state index in [0.29, 0.717) is 18.1 Å². The van der Waals surface area contributed by atoms with Gasteiger partial charge in [0.15, 0.2) is 5.82 Å². The Bertz CT molecular complexity index is 468. The lowest BCUT2D eigenvalue weighted by molar-refractivity contribution is -0.134. The number of likely N-dealkylation sites (tertiary alicyclic amines) is 1. The van der Waals surface area contributed by atoms with E-state index >= 15 is 0 Å². The zero-order chi connectivity index (χ0) is 13.9. The summed E-state index contributed by atoms with van der Waals surface area (Å²) >= 11 is 0. The largest absolute Gasteiger partial charge is 0.378 e. The van der Waals surface area contributed by atoms with Crippen molar-refractivity contribution in [3.8, 4) is 0 Å². The molecule has 0 radical (unpaired) electrons. The van der Waals surface area contributed by atoms with Crippen LogP contribution in [0, 0.1) is 0 Å². The van der Waals surface area contributed by atoms with Crippen LogP contribution in [0.1, 0.15) is 56.8 Å². The quantitative estimate of drug-likeness (QED) is 0.841. The smallest absolute Gasteiger partial charge is 0.226 e. The van der Waals surface area contributed by atoms with Gasteiger partial charge < -0.3 is 14.2 Å².